The first-order chi connectivity index (χ1) is 8.65. The van der Waals surface area contributed by atoms with Crippen LogP contribution in [0, 0.1) is 0 Å². The Morgan fingerprint density at radius 1 is 1.22 bits per heavy atom. The molecule has 2 N–H and O–H groups in total. The van der Waals surface area contributed by atoms with Crippen LogP contribution in [0.4, 0.5) is 0 Å². The van der Waals surface area contributed by atoms with Crippen LogP contribution in [-0.2, 0) is 6.61 Å². The minimum Gasteiger partial charge on any atom is -0.473 e. The lowest BCUT2D eigenvalue weighted by molar-refractivity contribution is 0.294. The van der Waals surface area contributed by atoms with E-state index in [1.807, 2.05) is 30.3 Å². The maximum atomic E-state index is 5.58. The number of hydrogen-bond donors (Lipinski definition) is 1. The molecule has 0 saturated heterocycles. The Balaban J connectivity index is 2.04. The number of benzene rings is 1. The fourth-order valence-electron chi connectivity index (χ4n) is 1.37. The lowest BCUT2D eigenvalue weighted by Crippen LogP contribution is -2.11. The van der Waals surface area contributed by atoms with Gasteiger partial charge in [-0.25, -0.2) is 4.98 Å². The molecule has 18 heavy (non-hydrogen) atoms. The average molecular weight is 323 g/mol. The van der Waals surface area contributed by atoms with E-state index in [0.29, 0.717) is 18.2 Å². The number of thiocarbonyl (C=S) groups is 1. The van der Waals surface area contributed by atoms with Gasteiger partial charge in [-0.3, -0.25) is 0 Å². The maximum Gasteiger partial charge on any atom is 0.214 e. The molecule has 0 aliphatic carbocycles. The van der Waals surface area contributed by atoms with Gasteiger partial charge in [-0.15, -0.1) is 0 Å². The SMILES string of the molecule is NC(=S)c1cccc(OCc2ccc(Br)cc2)n1. The Hall–Kier alpha value is -1.46. The third-order valence-electron chi connectivity index (χ3n) is 2.28. The van der Waals surface area contributed by atoms with E-state index in [1.54, 1.807) is 12.1 Å². The van der Waals surface area contributed by atoms with Crippen molar-refractivity contribution in [3.8, 4) is 5.88 Å². The van der Waals surface area contributed by atoms with Gasteiger partial charge in [0.25, 0.3) is 0 Å². The highest BCUT2D eigenvalue weighted by molar-refractivity contribution is 9.10. The van der Waals surface area contributed by atoms with E-state index >= 15 is 0 Å². The Morgan fingerprint density at radius 2 is 1.94 bits per heavy atom. The summed E-state index contributed by atoms with van der Waals surface area (Å²) < 4.78 is 6.62. The van der Waals surface area contributed by atoms with Crippen molar-refractivity contribution in [2.75, 3.05) is 0 Å². The van der Waals surface area contributed by atoms with E-state index in [1.165, 1.54) is 0 Å². The van der Waals surface area contributed by atoms with Crippen LogP contribution in [0.5, 0.6) is 5.88 Å². The van der Waals surface area contributed by atoms with Gasteiger partial charge in [0.15, 0.2) is 0 Å². The van der Waals surface area contributed by atoms with Crippen LogP contribution >= 0.6 is 28.1 Å². The lowest BCUT2D eigenvalue weighted by Gasteiger charge is -2.06. The Kier molecular flexibility index (Phi) is 4.28. The lowest BCUT2D eigenvalue weighted by atomic mass is 10.2. The summed E-state index contributed by atoms with van der Waals surface area (Å²) in [7, 11) is 0. The summed E-state index contributed by atoms with van der Waals surface area (Å²) in [6, 6.07) is 13.3. The van der Waals surface area contributed by atoms with Crippen LogP contribution < -0.4 is 10.5 Å². The van der Waals surface area contributed by atoms with Crippen molar-refractivity contribution < 1.29 is 4.74 Å². The first-order valence-corrected chi connectivity index (χ1v) is 6.49. The number of pyridine rings is 1. The molecule has 0 unspecified atom stereocenters. The largest absolute Gasteiger partial charge is 0.473 e. The molecule has 92 valence electrons. The number of hydrogen-bond acceptors (Lipinski definition) is 3. The highest BCUT2D eigenvalue weighted by Gasteiger charge is 2.01. The van der Waals surface area contributed by atoms with Crippen LogP contribution in [0.15, 0.2) is 46.9 Å². The zero-order valence-corrected chi connectivity index (χ0v) is 11.9. The first-order valence-electron chi connectivity index (χ1n) is 5.29. The Labute approximate surface area is 119 Å². The van der Waals surface area contributed by atoms with Crippen molar-refractivity contribution in [2.45, 2.75) is 6.61 Å². The predicted octanol–water partition coefficient (Wildman–Crippen LogP) is 3.06. The van der Waals surface area contributed by atoms with Gasteiger partial charge in [-0.2, -0.15) is 0 Å². The smallest absolute Gasteiger partial charge is 0.214 e. The zero-order chi connectivity index (χ0) is 13.0. The van der Waals surface area contributed by atoms with Crippen molar-refractivity contribution in [3.63, 3.8) is 0 Å². The van der Waals surface area contributed by atoms with Crippen molar-refractivity contribution >= 4 is 33.1 Å². The minimum absolute atomic E-state index is 0.268. The van der Waals surface area contributed by atoms with Gasteiger partial charge in [0.2, 0.25) is 5.88 Å². The van der Waals surface area contributed by atoms with Gasteiger partial charge in [0.1, 0.15) is 17.3 Å². The van der Waals surface area contributed by atoms with Gasteiger partial charge in [-0.05, 0) is 23.8 Å². The molecule has 0 atom stereocenters. The highest BCUT2D eigenvalue weighted by Crippen LogP contribution is 2.13. The molecule has 0 aliphatic heterocycles. The maximum absolute atomic E-state index is 5.58. The summed E-state index contributed by atoms with van der Waals surface area (Å²) in [5, 5.41) is 0. The molecule has 5 heteroatoms. The number of aromatic nitrogens is 1. The molecule has 0 aliphatic rings. The van der Waals surface area contributed by atoms with Crippen molar-refractivity contribution in [1.82, 2.24) is 4.98 Å². The number of halogens is 1. The van der Waals surface area contributed by atoms with E-state index in [9.17, 15) is 0 Å². The Bertz CT molecular complexity index is 557. The molecule has 0 spiro atoms. The second kappa shape index (κ2) is 5.93. The molecule has 3 nitrogen and oxygen atoms in total. The third-order valence-corrected chi connectivity index (χ3v) is 3.01. The van der Waals surface area contributed by atoms with Crippen LogP contribution in [0.2, 0.25) is 0 Å². The van der Waals surface area contributed by atoms with Crippen molar-refractivity contribution in [2.24, 2.45) is 5.73 Å². The van der Waals surface area contributed by atoms with Crippen LogP contribution in [0.25, 0.3) is 0 Å². The molecule has 0 saturated carbocycles. The second-order valence-corrected chi connectivity index (χ2v) is 5.00. The van der Waals surface area contributed by atoms with E-state index < -0.39 is 0 Å². The normalized spacial score (nSPS) is 10.1. The molecule has 1 heterocycles. The summed E-state index contributed by atoms with van der Waals surface area (Å²) >= 11 is 8.25. The predicted molar refractivity (Wildman–Crippen MR) is 78.6 cm³/mol. The molecular weight excluding hydrogens is 312 g/mol. The summed E-state index contributed by atoms with van der Waals surface area (Å²) in [6.07, 6.45) is 0. The molecule has 0 radical (unpaired) electrons. The van der Waals surface area contributed by atoms with Crippen molar-refractivity contribution in [1.29, 1.82) is 0 Å². The number of rotatable bonds is 4. The third kappa shape index (κ3) is 3.51. The molecule has 0 fully saturated rings. The molecular formula is C13H11BrN2OS. The quantitative estimate of drug-likeness (QED) is 0.879. The highest BCUT2D eigenvalue weighted by atomic mass is 79.9. The molecule has 0 bridgehead atoms. The Morgan fingerprint density at radius 3 is 2.61 bits per heavy atom. The van der Waals surface area contributed by atoms with Gasteiger partial charge < -0.3 is 10.5 Å². The van der Waals surface area contributed by atoms with E-state index in [2.05, 4.69) is 20.9 Å². The minimum atomic E-state index is 0.268. The van der Waals surface area contributed by atoms with E-state index in [0.717, 1.165) is 10.0 Å². The van der Waals surface area contributed by atoms with Gasteiger partial charge >= 0.3 is 0 Å². The average Bonchev–Trinajstić information content (AvgIpc) is 2.38. The molecule has 1 aromatic heterocycles. The molecule has 0 amide bonds. The fraction of sp³-hybridized carbons (Fsp3) is 0.0769. The number of nitrogens with zero attached hydrogens (tertiary/aromatic N) is 1. The van der Waals surface area contributed by atoms with Gasteiger partial charge in [0.05, 0.1) is 0 Å². The number of ether oxygens (including phenoxy) is 1. The first kappa shape index (κ1) is 13.0. The zero-order valence-electron chi connectivity index (χ0n) is 9.47. The second-order valence-electron chi connectivity index (χ2n) is 3.64. The van der Waals surface area contributed by atoms with Crippen LogP contribution in [-0.4, -0.2) is 9.97 Å². The molecule has 2 rings (SSSR count). The van der Waals surface area contributed by atoms with Crippen molar-refractivity contribution in [3.05, 3.63) is 58.2 Å². The summed E-state index contributed by atoms with van der Waals surface area (Å²) in [5.41, 5.74) is 7.15. The summed E-state index contributed by atoms with van der Waals surface area (Å²) in [5.74, 6) is 0.517. The van der Waals surface area contributed by atoms with E-state index in [4.69, 9.17) is 22.7 Å². The summed E-state index contributed by atoms with van der Waals surface area (Å²) in [4.78, 5) is 4.47. The topological polar surface area (TPSA) is 48.1 Å². The standard InChI is InChI=1S/C13H11BrN2OS/c14-10-6-4-9(5-7-10)8-17-12-3-1-2-11(16-12)13(15)18/h1-7H,8H2,(H2,15,18). The monoisotopic (exact) mass is 322 g/mol. The van der Waals surface area contributed by atoms with E-state index in [-0.39, 0.29) is 4.99 Å². The van der Waals surface area contributed by atoms with Gasteiger partial charge in [-0.1, -0.05) is 46.3 Å². The van der Waals surface area contributed by atoms with Gasteiger partial charge in [0, 0.05) is 10.5 Å². The van der Waals surface area contributed by atoms with Crippen LogP contribution in [0.3, 0.4) is 0 Å². The number of nitrogens with two attached hydrogens (primary N) is 1. The van der Waals surface area contributed by atoms with Crippen LogP contribution in [0.1, 0.15) is 11.3 Å². The summed E-state index contributed by atoms with van der Waals surface area (Å²) in [6.45, 7) is 0.459. The molecule has 1 aromatic carbocycles. The molecule has 2 aromatic rings. The fourth-order valence-corrected chi connectivity index (χ4v) is 1.75.